The van der Waals surface area contributed by atoms with Gasteiger partial charge < -0.3 is 0 Å². The lowest BCUT2D eigenvalue weighted by Gasteiger charge is -2.06. The largest absolute Gasteiger partial charge is 0.299 e. The van der Waals surface area contributed by atoms with Crippen LogP contribution in [0.1, 0.15) is 18.7 Å². The van der Waals surface area contributed by atoms with Crippen LogP contribution in [0.4, 0.5) is 0 Å². The average molecular weight is 163 g/mol. The van der Waals surface area contributed by atoms with Gasteiger partial charge in [0.15, 0.2) is 0 Å². The second-order valence-electron chi connectivity index (χ2n) is 2.57. The van der Waals surface area contributed by atoms with E-state index in [1.165, 1.54) is 0 Å². The standard InChI is InChI=1S/C9H13N3/c1-4-8(10-5-2)9-6-7-12(3)11-9/h1,6-8,10H,5H2,2-3H3. The summed E-state index contributed by atoms with van der Waals surface area (Å²) in [6.07, 6.45) is 7.22. The fraction of sp³-hybridized carbons (Fsp3) is 0.444. The second-order valence-corrected chi connectivity index (χ2v) is 2.57. The Kier molecular flexibility index (Phi) is 2.89. The Hall–Kier alpha value is -1.27. The smallest absolute Gasteiger partial charge is 0.113 e. The molecule has 1 unspecified atom stereocenters. The number of aromatic nitrogens is 2. The van der Waals surface area contributed by atoms with Gasteiger partial charge in [0.1, 0.15) is 6.04 Å². The highest BCUT2D eigenvalue weighted by molar-refractivity contribution is 5.16. The molecule has 0 aromatic carbocycles. The lowest BCUT2D eigenvalue weighted by molar-refractivity contribution is 0.628. The maximum atomic E-state index is 5.34. The van der Waals surface area contributed by atoms with E-state index in [1.807, 2.05) is 26.2 Å². The van der Waals surface area contributed by atoms with E-state index in [0.717, 1.165) is 12.2 Å². The molecule has 1 atom stereocenters. The lowest BCUT2D eigenvalue weighted by atomic mass is 10.2. The summed E-state index contributed by atoms with van der Waals surface area (Å²) < 4.78 is 1.75. The van der Waals surface area contributed by atoms with Crippen LogP contribution in [0.15, 0.2) is 12.3 Å². The molecule has 64 valence electrons. The van der Waals surface area contributed by atoms with Crippen LogP contribution in [0.3, 0.4) is 0 Å². The van der Waals surface area contributed by atoms with Crippen LogP contribution in [0.2, 0.25) is 0 Å². The van der Waals surface area contributed by atoms with Crippen molar-refractivity contribution in [3.05, 3.63) is 18.0 Å². The van der Waals surface area contributed by atoms with Gasteiger partial charge >= 0.3 is 0 Å². The number of rotatable bonds is 3. The molecule has 1 rings (SSSR count). The summed E-state index contributed by atoms with van der Waals surface area (Å²) in [5.41, 5.74) is 0.904. The third-order valence-corrected chi connectivity index (χ3v) is 1.60. The first kappa shape index (κ1) is 8.82. The molecule has 0 radical (unpaired) electrons. The zero-order chi connectivity index (χ0) is 8.97. The Morgan fingerprint density at radius 2 is 2.58 bits per heavy atom. The SMILES string of the molecule is C#CC(NCC)c1ccn(C)n1. The predicted octanol–water partition coefficient (Wildman–Crippen LogP) is 0.704. The van der Waals surface area contributed by atoms with E-state index in [0.29, 0.717) is 0 Å². The van der Waals surface area contributed by atoms with Crippen LogP contribution in [0, 0.1) is 12.3 Å². The molecular formula is C9H13N3. The van der Waals surface area contributed by atoms with E-state index in [9.17, 15) is 0 Å². The molecule has 0 fully saturated rings. The van der Waals surface area contributed by atoms with Gasteiger partial charge in [-0.1, -0.05) is 12.8 Å². The molecule has 0 spiro atoms. The summed E-state index contributed by atoms with van der Waals surface area (Å²) in [5.74, 6) is 2.65. The van der Waals surface area contributed by atoms with E-state index in [2.05, 4.69) is 16.3 Å². The summed E-state index contributed by atoms with van der Waals surface area (Å²) in [5, 5.41) is 7.36. The first-order chi connectivity index (χ1) is 5.77. The number of aryl methyl sites for hydroxylation is 1. The van der Waals surface area contributed by atoms with Gasteiger partial charge in [0.2, 0.25) is 0 Å². The topological polar surface area (TPSA) is 29.9 Å². The Balaban J connectivity index is 2.74. The van der Waals surface area contributed by atoms with E-state index >= 15 is 0 Å². The Labute approximate surface area is 72.8 Å². The van der Waals surface area contributed by atoms with E-state index in [-0.39, 0.29) is 6.04 Å². The van der Waals surface area contributed by atoms with Gasteiger partial charge in [-0.05, 0) is 12.6 Å². The minimum absolute atomic E-state index is 0.0591. The minimum Gasteiger partial charge on any atom is -0.299 e. The van der Waals surface area contributed by atoms with Crippen molar-refractivity contribution < 1.29 is 0 Å². The average Bonchev–Trinajstić information content (AvgIpc) is 2.47. The highest BCUT2D eigenvalue weighted by Gasteiger charge is 2.08. The molecular weight excluding hydrogens is 150 g/mol. The van der Waals surface area contributed by atoms with E-state index in [4.69, 9.17) is 6.42 Å². The molecule has 0 aliphatic rings. The molecule has 0 bridgehead atoms. The minimum atomic E-state index is -0.0591. The number of nitrogens with one attached hydrogen (secondary N) is 1. The molecule has 0 saturated heterocycles. The predicted molar refractivity (Wildman–Crippen MR) is 48.5 cm³/mol. The van der Waals surface area contributed by atoms with Gasteiger partial charge in [-0.25, -0.2) is 0 Å². The van der Waals surface area contributed by atoms with Crippen LogP contribution in [-0.4, -0.2) is 16.3 Å². The molecule has 0 amide bonds. The summed E-state index contributed by atoms with van der Waals surface area (Å²) in [7, 11) is 1.88. The number of nitrogens with zero attached hydrogens (tertiary/aromatic N) is 2. The Morgan fingerprint density at radius 1 is 1.83 bits per heavy atom. The monoisotopic (exact) mass is 163 g/mol. The van der Waals surface area contributed by atoms with Crippen molar-refractivity contribution in [1.29, 1.82) is 0 Å². The van der Waals surface area contributed by atoms with Crippen molar-refractivity contribution in [2.75, 3.05) is 6.54 Å². The highest BCUT2D eigenvalue weighted by Crippen LogP contribution is 2.07. The summed E-state index contributed by atoms with van der Waals surface area (Å²) in [6.45, 7) is 2.87. The zero-order valence-corrected chi connectivity index (χ0v) is 7.41. The van der Waals surface area contributed by atoms with Gasteiger partial charge in [-0.15, -0.1) is 6.42 Å². The fourth-order valence-electron chi connectivity index (χ4n) is 1.04. The Morgan fingerprint density at radius 3 is 3.00 bits per heavy atom. The van der Waals surface area contributed by atoms with E-state index in [1.54, 1.807) is 4.68 Å². The first-order valence-corrected chi connectivity index (χ1v) is 3.97. The summed E-state index contributed by atoms with van der Waals surface area (Å²) in [6, 6.07) is 1.86. The summed E-state index contributed by atoms with van der Waals surface area (Å²) >= 11 is 0. The maximum Gasteiger partial charge on any atom is 0.113 e. The molecule has 0 aliphatic heterocycles. The third-order valence-electron chi connectivity index (χ3n) is 1.60. The van der Waals surface area contributed by atoms with Gasteiger partial charge in [0.25, 0.3) is 0 Å². The van der Waals surface area contributed by atoms with E-state index < -0.39 is 0 Å². The molecule has 0 aliphatic carbocycles. The van der Waals surface area contributed by atoms with Crippen LogP contribution in [0.5, 0.6) is 0 Å². The normalized spacial score (nSPS) is 12.4. The maximum absolute atomic E-state index is 5.34. The molecule has 1 aromatic heterocycles. The second kappa shape index (κ2) is 3.93. The van der Waals surface area contributed by atoms with Crippen molar-refractivity contribution >= 4 is 0 Å². The lowest BCUT2D eigenvalue weighted by Crippen LogP contribution is -2.19. The molecule has 1 N–H and O–H groups in total. The van der Waals surface area contributed by atoms with Crippen molar-refractivity contribution in [3.63, 3.8) is 0 Å². The molecule has 3 heteroatoms. The van der Waals surface area contributed by atoms with Crippen molar-refractivity contribution in [2.24, 2.45) is 7.05 Å². The van der Waals surface area contributed by atoms with Gasteiger partial charge in [0, 0.05) is 13.2 Å². The molecule has 1 aromatic rings. The third kappa shape index (κ3) is 1.86. The van der Waals surface area contributed by atoms with Gasteiger partial charge in [-0.2, -0.15) is 5.10 Å². The number of terminal acetylenes is 1. The first-order valence-electron chi connectivity index (χ1n) is 3.97. The molecule has 3 nitrogen and oxygen atoms in total. The number of hydrogen-bond donors (Lipinski definition) is 1. The molecule has 12 heavy (non-hydrogen) atoms. The molecule has 0 saturated carbocycles. The van der Waals surface area contributed by atoms with Crippen molar-refractivity contribution in [3.8, 4) is 12.3 Å². The fourth-order valence-corrected chi connectivity index (χ4v) is 1.04. The van der Waals surface area contributed by atoms with Gasteiger partial charge in [0.05, 0.1) is 5.69 Å². The summed E-state index contributed by atoms with van der Waals surface area (Å²) in [4.78, 5) is 0. The van der Waals surface area contributed by atoms with Crippen LogP contribution >= 0.6 is 0 Å². The highest BCUT2D eigenvalue weighted by atomic mass is 15.3. The zero-order valence-electron chi connectivity index (χ0n) is 7.41. The molecule has 1 heterocycles. The number of hydrogen-bond acceptors (Lipinski definition) is 2. The van der Waals surface area contributed by atoms with Crippen LogP contribution < -0.4 is 5.32 Å². The Bertz CT molecular complexity index is 282. The van der Waals surface area contributed by atoms with Crippen LogP contribution in [-0.2, 0) is 7.05 Å². The van der Waals surface area contributed by atoms with Gasteiger partial charge in [-0.3, -0.25) is 10.00 Å². The van der Waals surface area contributed by atoms with Crippen LogP contribution in [0.25, 0.3) is 0 Å². The van der Waals surface area contributed by atoms with Crippen molar-refractivity contribution in [2.45, 2.75) is 13.0 Å². The van der Waals surface area contributed by atoms with Crippen molar-refractivity contribution in [1.82, 2.24) is 15.1 Å². The quantitative estimate of drug-likeness (QED) is 0.665.